The molecule has 0 spiro atoms. The lowest BCUT2D eigenvalue weighted by Crippen LogP contribution is -2.42. The molecule has 1 fully saturated rings. The van der Waals surface area contributed by atoms with Gasteiger partial charge in [0.2, 0.25) is 5.91 Å². The highest BCUT2D eigenvalue weighted by atomic mass is 19.1. The first-order valence-corrected chi connectivity index (χ1v) is 10.5. The van der Waals surface area contributed by atoms with Crippen LogP contribution in [0.1, 0.15) is 22.8 Å². The standard InChI is InChI=1S/C25H20F2N4O4/c1-25(15-6-8-16(26)9-7-15)23(34)31(24(35)30-25)14-21(32)29-20-5-3-2-4-19(20)22(33)28-18-12-10-17(27)11-13-18/h2-13H,14H2,1H3,(H,28,33)(H,29,32)(H,30,35). The lowest BCUT2D eigenvalue weighted by atomic mass is 9.92. The Morgan fingerprint density at radius 3 is 2.14 bits per heavy atom. The zero-order valence-corrected chi connectivity index (χ0v) is 18.5. The van der Waals surface area contributed by atoms with Gasteiger partial charge in [0.1, 0.15) is 23.7 Å². The number of imide groups is 1. The number of hydrogen-bond acceptors (Lipinski definition) is 4. The fourth-order valence-corrected chi connectivity index (χ4v) is 3.67. The second kappa shape index (κ2) is 9.34. The van der Waals surface area contributed by atoms with Crippen LogP contribution in [-0.4, -0.2) is 35.2 Å². The van der Waals surface area contributed by atoms with Gasteiger partial charge in [-0.1, -0.05) is 24.3 Å². The SMILES string of the molecule is CC1(c2ccc(F)cc2)NC(=O)N(CC(=O)Nc2ccccc2C(=O)Nc2ccc(F)cc2)C1=O. The first kappa shape index (κ1) is 23.6. The molecule has 3 aromatic rings. The molecule has 0 aromatic heterocycles. The van der Waals surface area contributed by atoms with Crippen molar-refractivity contribution in [2.45, 2.75) is 12.5 Å². The smallest absolute Gasteiger partial charge is 0.324 e. The average molecular weight is 478 g/mol. The molecule has 10 heteroatoms. The van der Waals surface area contributed by atoms with E-state index in [4.69, 9.17) is 0 Å². The van der Waals surface area contributed by atoms with E-state index in [0.29, 0.717) is 11.3 Å². The molecule has 8 nitrogen and oxygen atoms in total. The minimum atomic E-state index is -1.46. The molecule has 1 atom stereocenters. The zero-order valence-electron chi connectivity index (χ0n) is 18.5. The van der Waals surface area contributed by atoms with Gasteiger partial charge in [-0.05, 0) is 61.0 Å². The van der Waals surface area contributed by atoms with E-state index in [0.717, 1.165) is 4.90 Å². The van der Waals surface area contributed by atoms with Gasteiger partial charge >= 0.3 is 6.03 Å². The quantitative estimate of drug-likeness (QED) is 0.471. The number of halogens is 2. The molecule has 0 bridgehead atoms. The van der Waals surface area contributed by atoms with Gasteiger partial charge < -0.3 is 16.0 Å². The number of urea groups is 1. The van der Waals surface area contributed by atoms with Crippen LogP contribution in [0.4, 0.5) is 25.0 Å². The molecule has 0 aliphatic carbocycles. The maximum Gasteiger partial charge on any atom is 0.325 e. The van der Waals surface area contributed by atoms with Crippen LogP contribution < -0.4 is 16.0 Å². The first-order valence-electron chi connectivity index (χ1n) is 10.5. The van der Waals surface area contributed by atoms with Crippen LogP contribution in [0.3, 0.4) is 0 Å². The molecule has 1 saturated heterocycles. The molecule has 1 aliphatic rings. The van der Waals surface area contributed by atoms with Gasteiger partial charge in [-0.2, -0.15) is 0 Å². The topological polar surface area (TPSA) is 108 Å². The Hall–Kier alpha value is -4.60. The molecule has 4 rings (SSSR count). The summed E-state index contributed by atoms with van der Waals surface area (Å²) in [5, 5.41) is 7.69. The van der Waals surface area contributed by atoms with E-state index >= 15 is 0 Å². The maximum absolute atomic E-state index is 13.3. The number of carbonyl (C=O) groups is 4. The molecule has 0 radical (unpaired) electrons. The Bertz CT molecular complexity index is 1310. The number of carbonyl (C=O) groups excluding carboxylic acids is 4. The fraction of sp³-hybridized carbons (Fsp3) is 0.120. The van der Waals surface area contributed by atoms with Crippen molar-refractivity contribution < 1.29 is 28.0 Å². The molecule has 5 amide bonds. The molecule has 1 unspecified atom stereocenters. The number of para-hydroxylation sites is 1. The van der Waals surface area contributed by atoms with Crippen LogP contribution in [-0.2, 0) is 15.1 Å². The van der Waals surface area contributed by atoms with Gasteiger partial charge in [0.25, 0.3) is 11.8 Å². The van der Waals surface area contributed by atoms with E-state index in [1.54, 1.807) is 12.1 Å². The molecule has 1 aliphatic heterocycles. The predicted molar refractivity (Wildman–Crippen MR) is 123 cm³/mol. The highest BCUT2D eigenvalue weighted by Crippen LogP contribution is 2.29. The van der Waals surface area contributed by atoms with E-state index in [1.807, 2.05) is 0 Å². The summed E-state index contributed by atoms with van der Waals surface area (Å²) in [6.45, 7) is 0.864. The minimum Gasteiger partial charge on any atom is -0.324 e. The van der Waals surface area contributed by atoms with Gasteiger partial charge in [0, 0.05) is 5.69 Å². The summed E-state index contributed by atoms with van der Waals surface area (Å²) < 4.78 is 26.4. The Kier molecular flexibility index (Phi) is 6.28. The normalized spacial score (nSPS) is 17.2. The van der Waals surface area contributed by atoms with Crippen LogP contribution >= 0.6 is 0 Å². The van der Waals surface area contributed by atoms with Gasteiger partial charge in [0.05, 0.1) is 11.3 Å². The Labute approximate surface area is 198 Å². The van der Waals surface area contributed by atoms with E-state index in [9.17, 15) is 28.0 Å². The molecular formula is C25H20F2N4O4. The highest BCUT2D eigenvalue weighted by Gasteiger charge is 2.49. The molecule has 35 heavy (non-hydrogen) atoms. The summed E-state index contributed by atoms with van der Waals surface area (Å²) in [5.41, 5.74) is -0.457. The van der Waals surface area contributed by atoms with Crippen molar-refractivity contribution in [3.05, 3.63) is 95.6 Å². The van der Waals surface area contributed by atoms with Gasteiger partial charge in [-0.25, -0.2) is 13.6 Å². The zero-order chi connectivity index (χ0) is 25.2. The van der Waals surface area contributed by atoms with Crippen molar-refractivity contribution in [3.8, 4) is 0 Å². The number of hydrogen-bond donors (Lipinski definition) is 3. The van der Waals surface area contributed by atoms with Crippen molar-refractivity contribution >= 4 is 35.1 Å². The number of rotatable bonds is 6. The molecule has 178 valence electrons. The summed E-state index contributed by atoms with van der Waals surface area (Å²) in [5.74, 6) is -2.88. The third kappa shape index (κ3) is 4.86. The predicted octanol–water partition coefficient (Wildman–Crippen LogP) is 3.62. The van der Waals surface area contributed by atoms with Gasteiger partial charge in [0.15, 0.2) is 0 Å². The van der Waals surface area contributed by atoms with Crippen LogP contribution in [0.2, 0.25) is 0 Å². The lowest BCUT2D eigenvalue weighted by Gasteiger charge is -2.22. The number of benzene rings is 3. The molecule has 1 heterocycles. The van der Waals surface area contributed by atoms with Gasteiger partial charge in [-0.3, -0.25) is 19.3 Å². The number of anilines is 2. The van der Waals surface area contributed by atoms with E-state index in [-0.39, 0.29) is 11.3 Å². The van der Waals surface area contributed by atoms with E-state index in [2.05, 4.69) is 16.0 Å². The highest BCUT2D eigenvalue weighted by molar-refractivity contribution is 6.12. The lowest BCUT2D eigenvalue weighted by molar-refractivity contribution is -0.133. The van der Waals surface area contributed by atoms with Crippen LogP contribution in [0, 0.1) is 11.6 Å². The molecule has 3 N–H and O–H groups in total. The first-order chi connectivity index (χ1) is 16.7. The molecule has 0 saturated carbocycles. The van der Waals surface area contributed by atoms with Crippen molar-refractivity contribution in [3.63, 3.8) is 0 Å². The van der Waals surface area contributed by atoms with E-state index < -0.39 is 47.5 Å². The van der Waals surface area contributed by atoms with Crippen molar-refractivity contribution in [2.24, 2.45) is 0 Å². The van der Waals surface area contributed by atoms with Crippen LogP contribution in [0.5, 0.6) is 0 Å². The Morgan fingerprint density at radius 2 is 1.49 bits per heavy atom. The maximum atomic E-state index is 13.3. The summed E-state index contributed by atoms with van der Waals surface area (Å²) >= 11 is 0. The summed E-state index contributed by atoms with van der Waals surface area (Å²) in [6.07, 6.45) is 0. The largest absolute Gasteiger partial charge is 0.325 e. The van der Waals surface area contributed by atoms with Crippen molar-refractivity contribution in [1.82, 2.24) is 10.2 Å². The molecular weight excluding hydrogens is 458 g/mol. The summed E-state index contributed by atoms with van der Waals surface area (Å²) in [6, 6.07) is 15.7. The van der Waals surface area contributed by atoms with Crippen molar-refractivity contribution in [2.75, 3.05) is 17.2 Å². The van der Waals surface area contributed by atoms with Crippen LogP contribution in [0.25, 0.3) is 0 Å². The van der Waals surface area contributed by atoms with Crippen LogP contribution in [0.15, 0.2) is 72.8 Å². The number of amides is 5. The number of nitrogens with one attached hydrogen (secondary N) is 3. The van der Waals surface area contributed by atoms with E-state index in [1.165, 1.54) is 67.6 Å². The fourth-order valence-electron chi connectivity index (χ4n) is 3.67. The molecule has 3 aromatic carbocycles. The third-order valence-corrected chi connectivity index (χ3v) is 5.55. The average Bonchev–Trinajstić information content (AvgIpc) is 3.05. The van der Waals surface area contributed by atoms with Crippen molar-refractivity contribution in [1.29, 1.82) is 0 Å². The summed E-state index contributed by atoms with van der Waals surface area (Å²) in [4.78, 5) is 51.6. The third-order valence-electron chi connectivity index (χ3n) is 5.55. The number of nitrogens with zero attached hydrogens (tertiary/aromatic N) is 1. The van der Waals surface area contributed by atoms with Gasteiger partial charge in [-0.15, -0.1) is 0 Å². The minimum absolute atomic E-state index is 0.124. The second-order valence-corrected chi connectivity index (χ2v) is 8.01. The Morgan fingerprint density at radius 1 is 0.886 bits per heavy atom. The monoisotopic (exact) mass is 478 g/mol. The Balaban J connectivity index is 1.46. The summed E-state index contributed by atoms with van der Waals surface area (Å²) in [7, 11) is 0. The second-order valence-electron chi connectivity index (χ2n) is 8.01.